The van der Waals surface area contributed by atoms with Crippen LogP contribution in [0.15, 0.2) is 0 Å². The number of aryl methyl sites for hydroxylation is 1. The van der Waals surface area contributed by atoms with Crippen LogP contribution in [0.4, 0.5) is 0 Å². The van der Waals surface area contributed by atoms with Crippen LogP contribution < -0.4 is 5.32 Å². The molecule has 1 unspecified atom stereocenters. The second-order valence-electron chi connectivity index (χ2n) is 2.72. The molecule has 0 amide bonds. The molecule has 1 aromatic rings. The zero-order valence-corrected chi connectivity index (χ0v) is 8.69. The minimum atomic E-state index is -0.0402. The summed E-state index contributed by atoms with van der Waals surface area (Å²) in [6, 6.07) is -0.0402. The lowest BCUT2D eigenvalue weighted by molar-refractivity contribution is 0.728. The summed E-state index contributed by atoms with van der Waals surface area (Å²) >= 11 is 1.38. The first-order valence-electron chi connectivity index (χ1n) is 4.28. The standard InChI is InChI=1S/C9H13N3S/c1-4-6-8-9(13-12-11-8)7(5-2)10-3/h2,7,10H,4,6H2,1,3H3. The minimum Gasteiger partial charge on any atom is -0.302 e. The highest BCUT2D eigenvalue weighted by atomic mass is 32.1. The topological polar surface area (TPSA) is 37.8 Å². The van der Waals surface area contributed by atoms with Crippen LogP contribution >= 0.6 is 11.5 Å². The first kappa shape index (κ1) is 10.2. The van der Waals surface area contributed by atoms with Crippen LogP contribution in [0.25, 0.3) is 0 Å². The highest BCUT2D eigenvalue weighted by Crippen LogP contribution is 2.20. The number of hydrogen-bond donors (Lipinski definition) is 1. The van der Waals surface area contributed by atoms with Gasteiger partial charge in [-0.3, -0.25) is 0 Å². The fourth-order valence-electron chi connectivity index (χ4n) is 1.14. The summed E-state index contributed by atoms with van der Waals surface area (Å²) in [6.45, 7) is 2.12. The van der Waals surface area contributed by atoms with Crippen molar-refractivity contribution in [1.82, 2.24) is 14.9 Å². The van der Waals surface area contributed by atoms with Gasteiger partial charge in [0.25, 0.3) is 0 Å². The van der Waals surface area contributed by atoms with Crippen LogP contribution in [-0.2, 0) is 6.42 Å². The Balaban J connectivity index is 2.86. The first-order valence-corrected chi connectivity index (χ1v) is 5.05. The lowest BCUT2D eigenvalue weighted by atomic mass is 10.1. The van der Waals surface area contributed by atoms with E-state index in [0.29, 0.717) is 0 Å². The van der Waals surface area contributed by atoms with E-state index in [1.54, 1.807) is 0 Å². The molecule has 1 rings (SSSR count). The van der Waals surface area contributed by atoms with Gasteiger partial charge < -0.3 is 5.32 Å². The third-order valence-electron chi connectivity index (χ3n) is 1.79. The van der Waals surface area contributed by atoms with Crippen molar-refractivity contribution in [3.63, 3.8) is 0 Å². The van der Waals surface area contributed by atoms with E-state index < -0.39 is 0 Å². The fourth-order valence-corrected chi connectivity index (χ4v) is 1.90. The van der Waals surface area contributed by atoms with Crippen molar-refractivity contribution in [2.24, 2.45) is 0 Å². The molecule has 0 spiro atoms. The van der Waals surface area contributed by atoms with Gasteiger partial charge in [-0.1, -0.05) is 23.8 Å². The molecule has 0 radical (unpaired) electrons. The average molecular weight is 195 g/mol. The molecule has 0 aliphatic carbocycles. The van der Waals surface area contributed by atoms with Gasteiger partial charge in [-0.2, -0.15) is 0 Å². The molecule has 0 saturated carbocycles. The summed E-state index contributed by atoms with van der Waals surface area (Å²) < 4.78 is 3.91. The zero-order chi connectivity index (χ0) is 9.68. The molecule has 0 bridgehead atoms. The van der Waals surface area contributed by atoms with Crippen molar-refractivity contribution >= 4 is 11.5 Å². The van der Waals surface area contributed by atoms with E-state index in [2.05, 4.69) is 27.7 Å². The normalized spacial score (nSPS) is 12.4. The van der Waals surface area contributed by atoms with E-state index in [1.165, 1.54) is 11.5 Å². The molecular weight excluding hydrogens is 182 g/mol. The third-order valence-corrected chi connectivity index (χ3v) is 2.62. The van der Waals surface area contributed by atoms with Crippen LogP contribution in [0, 0.1) is 12.3 Å². The highest BCUT2D eigenvalue weighted by Gasteiger charge is 2.14. The molecule has 1 aromatic heterocycles. The van der Waals surface area contributed by atoms with Gasteiger partial charge >= 0.3 is 0 Å². The van der Waals surface area contributed by atoms with E-state index in [4.69, 9.17) is 6.42 Å². The molecule has 1 atom stereocenters. The molecule has 0 aromatic carbocycles. The van der Waals surface area contributed by atoms with Crippen LogP contribution in [0.3, 0.4) is 0 Å². The number of aromatic nitrogens is 2. The molecular formula is C9H13N3S. The van der Waals surface area contributed by atoms with Crippen molar-refractivity contribution in [3.05, 3.63) is 10.6 Å². The smallest absolute Gasteiger partial charge is 0.107 e. The maximum absolute atomic E-state index is 5.38. The molecule has 0 aliphatic rings. The molecule has 1 N–H and O–H groups in total. The molecule has 70 valence electrons. The van der Waals surface area contributed by atoms with Gasteiger partial charge in [0.1, 0.15) is 6.04 Å². The second kappa shape index (κ2) is 4.95. The number of nitrogens with zero attached hydrogens (tertiary/aromatic N) is 2. The average Bonchev–Trinajstić information content (AvgIpc) is 2.57. The molecule has 0 fully saturated rings. The summed E-state index contributed by atoms with van der Waals surface area (Å²) in [6.07, 6.45) is 7.40. The Morgan fingerprint density at radius 2 is 2.46 bits per heavy atom. The van der Waals surface area contributed by atoms with Gasteiger partial charge in [0.05, 0.1) is 10.6 Å². The van der Waals surface area contributed by atoms with E-state index >= 15 is 0 Å². The summed E-state index contributed by atoms with van der Waals surface area (Å²) in [7, 11) is 1.85. The Bertz CT molecular complexity index is 300. The maximum Gasteiger partial charge on any atom is 0.107 e. The van der Waals surface area contributed by atoms with Gasteiger partial charge in [0.15, 0.2) is 0 Å². The van der Waals surface area contributed by atoms with Crippen molar-refractivity contribution in [3.8, 4) is 12.3 Å². The van der Waals surface area contributed by atoms with Gasteiger partial charge in [-0.15, -0.1) is 11.5 Å². The Kier molecular flexibility index (Phi) is 3.87. The SMILES string of the molecule is C#CC(NC)c1snnc1CCC. The monoisotopic (exact) mass is 195 g/mol. The van der Waals surface area contributed by atoms with Gasteiger partial charge in [0, 0.05) is 0 Å². The molecule has 0 saturated heterocycles. The highest BCUT2D eigenvalue weighted by molar-refractivity contribution is 7.05. The van der Waals surface area contributed by atoms with Crippen molar-refractivity contribution in [2.75, 3.05) is 7.05 Å². The summed E-state index contributed by atoms with van der Waals surface area (Å²) in [5, 5.41) is 7.10. The molecule has 13 heavy (non-hydrogen) atoms. The number of rotatable bonds is 4. The van der Waals surface area contributed by atoms with Crippen molar-refractivity contribution in [2.45, 2.75) is 25.8 Å². The van der Waals surface area contributed by atoms with E-state index in [9.17, 15) is 0 Å². The number of terminal acetylenes is 1. The molecule has 3 nitrogen and oxygen atoms in total. The van der Waals surface area contributed by atoms with Crippen LogP contribution in [0.1, 0.15) is 30.0 Å². The van der Waals surface area contributed by atoms with Crippen molar-refractivity contribution in [1.29, 1.82) is 0 Å². The minimum absolute atomic E-state index is 0.0402. The van der Waals surface area contributed by atoms with E-state index in [-0.39, 0.29) is 6.04 Å². The van der Waals surface area contributed by atoms with Crippen LogP contribution in [0.5, 0.6) is 0 Å². The third kappa shape index (κ3) is 2.27. The first-order chi connectivity index (χ1) is 6.33. The fraction of sp³-hybridized carbons (Fsp3) is 0.556. The summed E-state index contributed by atoms with van der Waals surface area (Å²) in [5.41, 5.74) is 1.03. The zero-order valence-electron chi connectivity index (χ0n) is 7.87. The Morgan fingerprint density at radius 1 is 1.69 bits per heavy atom. The summed E-state index contributed by atoms with van der Waals surface area (Å²) in [5.74, 6) is 2.67. The molecule has 4 heteroatoms. The Labute approximate surface area is 82.7 Å². The molecule has 1 heterocycles. The molecule has 0 aliphatic heterocycles. The second-order valence-corrected chi connectivity index (χ2v) is 3.51. The van der Waals surface area contributed by atoms with Crippen LogP contribution in [-0.4, -0.2) is 16.6 Å². The van der Waals surface area contributed by atoms with Gasteiger partial charge in [0.2, 0.25) is 0 Å². The predicted octanol–water partition coefficient (Wildman–Crippen LogP) is 1.38. The predicted molar refractivity (Wildman–Crippen MR) is 54.5 cm³/mol. The maximum atomic E-state index is 5.38. The summed E-state index contributed by atoms with van der Waals surface area (Å²) in [4.78, 5) is 1.08. The van der Waals surface area contributed by atoms with Crippen molar-refractivity contribution < 1.29 is 0 Å². The van der Waals surface area contributed by atoms with Gasteiger partial charge in [-0.05, 0) is 25.0 Å². The van der Waals surface area contributed by atoms with Gasteiger partial charge in [-0.25, -0.2) is 0 Å². The lowest BCUT2D eigenvalue weighted by Crippen LogP contribution is -2.14. The Morgan fingerprint density at radius 3 is 3.00 bits per heavy atom. The Hall–Kier alpha value is -0.920. The van der Waals surface area contributed by atoms with Crippen LogP contribution in [0.2, 0.25) is 0 Å². The van der Waals surface area contributed by atoms with E-state index in [1.807, 2.05) is 7.05 Å². The number of hydrogen-bond acceptors (Lipinski definition) is 4. The number of nitrogens with one attached hydrogen (secondary N) is 1. The van der Waals surface area contributed by atoms with E-state index in [0.717, 1.165) is 23.4 Å². The lowest BCUT2D eigenvalue weighted by Gasteiger charge is -2.06. The quantitative estimate of drug-likeness (QED) is 0.738. The largest absolute Gasteiger partial charge is 0.302 e.